The minimum absolute atomic E-state index is 0.0788. The van der Waals surface area contributed by atoms with E-state index in [2.05, 4.69) is 10.2 Å². The molecule has 2 N–H and O–H groups in total. The van der Waals surface area contributed by atoms with E-state index in [1.165, 1.54) is 6.92 Å². The van der Waals surface area contributed by atoms with Crippen molar-refractivity contribution in [1.29, 1.82) is 0 Å². The number of nitrogens with one attached hydrogen (secondary N) is 1. The lowest BCUT2D eigenvalue weighted by molar-refractivity contribution is -0.114. The van der Waals surface area contributed by atoms with Gasteiger partial charge in [0.05, 0.1) is 0 Å². The zero-order valence-electron chi connectivity index (χ0n) is 17.3. The Hall–Kier alpha value is -2.08. The molecular weight excluding hydrogens is 388 g/mol. The zero-order valence-corrected chi connectivity index (χ0v) is 18.1. The number of aryl methyl sites for hydroxylation is 2. The molecule has 0 bridgehead atoms. The highest BCUT2D eigenvalue weighted by Gasteiger charge is 2.34. The molecule has 2 aromatic carbocycles. The molecule has 2 aromatic rings. The van der Waals surface area contributed by atoms with Gasteiger partial charge in [0.1, 0.15) is 18.0 Å². The van der Waals surface area contributed by atoms with Gasteiger partial charge in [-0.1, -0.05) is 23.7 Å². The molecular formula is C23H29ClN2O3. The van der Waals surface area contributed by atoms with Crippen LogP contribution in [0.15, 0.2) is 36.4 Å². The second-order valence-corrected chi connectivity index (χ2v) is 8.45. The van der Waals surface area contributed by atoms with Gasteiger partial charge in [0.25, 0.3) is 0 Å². The number of ether oxygens (including phenoxy) is 1. The van der Waals surface area contributed by atoms with Crippen molar-refractivity contribution >= 4 is 23.2 Å². The predicted octanol–water partition coefficient (Wildman–Crippen LogP) is 4.32. The lowest BCUT2D eigenvalue weighted by Crippen LogP contribution is -2.51. The predicted molar refractivity (Wildman–Crippen MR) is 117 cm³/mol. The number of halogens is 1. The number of nitrogens with zero attached hydrogens (tertiary/aromatic N) is 1. The number of β-amino-alcohol motifs (C(OH)–C–C–N with tert-alkyl or cyclic N) is 1. The number of carbonyl (C=O) groups excluding carboxylic acids is 1. The van der Waals surface area contributed by atoms with Crippen LogP contribution >= 0.6 is 11.6 Å². The van der Waals surface area contributed by atoms with E-state index in [0.29, 0.717) is 6.54 Å². The molecule has 0 radical (unpaired) electrons. The highest BCUT2D eigenvalue weighted by Crippen LogP contribution is 2.28. The second-order valence-electron chi connectivity index (χ2n) is 8.08. The average Bonchev–Trinajstić information content (AvgIpc) is 2.66. The fraction of sp³-hybridized carbons (Fsp3) is 0.435. The van der Waals surface area contributed by atoms with Gasteiger partial charge in [-0.15, -0.1) is 0 Å². The Bertz CT molecular complexity index is 846. The summed E-state index contributed by atoms with van der Waals surface area (Å²) in [6, 6.07) is 11.7. The third kappa shape index (κ3) is 5.95. The number of aliphatic hydroxyl groups is 1. The summed E-state index contributed by atoms with van der Waals surface area (Å²) in [4.78, 5) is 13.4. The number of benzene rings is 2. The average molecular weight is 417 g/mol. The monoisotopic (exact) mass is 416 g/mol. The minimum Gasteiger partial charge on any atom is -0.491 e. The summed E-state index contributed by atoms with van der Waals surface area (Å²) in [5.41, 5.74) is 3.00. The van der Waals surface area contributed by atoms with Crippen LogP contribution in [0.2, 0.25) is 5.02 Å². The van der Waals surface area contributed by atoms with E-state index in [1.54, 1.807) is 0 Å². The maximum Gasteiger partial charge on any atom is 0.221 e. The van der Waals surface area contributed by atoms with Crippen molar-refractivity contribution in [2.45, 2.75) is 45.8 Å². The van der Waals surface area contributed by atoms with Gasteiger partial charge in [0.15, 0.2) is 0 Å². The van der Waals surface area contributed by atoms with Gasteiger partial charge in [-0.25, -0.2) is 0 Å². The first-order chi connectivity index (χ1) is 13.7. The standard InChI is InChI=1S/C23H29ClN2O3/c1-16-11-21(12-17(2)22(16)24)29-15-23(28)9-4-10-26(14-23)13-19-5-7-20(8-6-19)25-18(3)27/h5-8,11-12,28H,4,9-10,13-15H2,1-3H3,(H,25,27)/t23-/m1/s1. The van der Waals surface area contributed by atoms with Crippen molar-refractivity contribution in [3.05, 3.63) is 58.1 Å². The quantitative estimate of drug-likeness (QED) is 0.736. The van der Waals surface area contributed by atoms with Crippen LogP contribution < -0.4 is 10.1 Å². The van der Waals surface area contributed by atoms with Gasteiger partial charge in [-0.2, -0.15) is 0 Å². The van der Waals surface area contributed by atoms with Gasteiger partial charge in [-0.05, 0) is 74.2 Å². The highest BCUT2D eigenvalue weighted by molar-refractivity contribution is 6.32. The molecule has 1 aliphatic heterocycles. The number of amides is 1. The van der Waals surface area contributed by atoms with E-state index in [1.807, 2.05) is 50.2 Å². The Labute approximate surface area is 177 Å². The smallest absolute Gasteiger partial charge is 0.221 e. The van der Waals surface area contributed by atoms with Crippen molar-refractivity contribution in [1.82, 2.24) is 4.90 Å². The van der Waals surface area contributed by atoms with Gasteiger partial charge in [0.2, 0.25) is 5.91 Å². The van der Waals surface area contributed by atoms with Gasteiger partial charge in [0, 0.05) is 30.7 Å². The molecule has 1 amide bonds. The third-order valence-electron chi connectivity index (χ3n) is 5.23. The van der Waals surface area contributed by atoms with Crippen LogP contribution in [0.3, 0.4) is 0 Å². The molecule has 0 spiro atoms. The molecule has 156 valence electrons. The van der Waals surface area contributed by atoms with Gasteiger partial charge < -0.3 is 15.2 Å². The summed E-state index contributed by atoms with van der Waals surface area (Å²) in [6.45, 7) is 7.92. The fourth-order valence-corrected chi connectivity index (χ4v) is 3.93. The van der Waals surface area contributed by atoms with Crippen molar-refractivity contribution in [2.75, 3.05) is 25.0 Å². The number of carbonyl (C=O) groups is 1. The number of anilines is 1. The first-order valence-corrected chi connectivity index (χ1v) is 10.3. The summed E-state index contributed by atoms with van der Waals surface area (Å²) < 4.78 is 5.94. The lowest BCUT2D eigenvalue weighted by atomic mass is 9.93. The summed E-state index contributed by atoms with van der Waals surface area (Å²) in [6.07, 6.45) is 1.64. The van der Waals surface area contributed by atoms with Crippen molar-refractivity contribution in [3.8, 4) is 5.75 Å². The summed E-state index contributed by atoms with van der Waals surface area (Å²) in [5.74, 6) is 0.661. The molecule has 6 heteroatoms. The van der Waals surface area contributed by atoms with Crippen LogP contribution in [0.4, 0.5) is 5.69 Å². The number of hydrogen-bond acceptors (Lipinski definition) is 4. The summed E-state index contributed by atoms with van der Waals surface area (Å²) in [5, 5.41) is 14.6. The third-order valence-corrected chi connectivity index (χ3v) is 5.83. The molecule has 29 heavy (non-hydrogen) atoms. The van der Waals surface area contributed by atoms with E-state index in [4.69, 9.17) is 16.3 Å². The van der Waals surface area contributed by atoms with Crippen LogP contribution in [0, 0.1) is 13.8 Å². The molecule has 1 saturated heterocycles. The van der Waals surface area contributed by atoms with Crippen LogP contribution in [0.5, 0.6) is 5.75 Å². The Morgan fingerprint density at radius 2 is 1.90 bits per heavy atom. The highest BCUT2D eigenvalue weighted by atomic mass is 35.5. The maximum absolute atomic E-state index is 11.1. The van der Waals surface area contributed by atoms with Crippen LogP contribution in [0.25, 0.3) is 0 Å². The maximum atomic E-state index is 11.1. The van der Waals surface area contributed by atoms with Gasteiger partial charge >= 0.3 is 0 Å². The molecule has 5 nitrogen and oxygen atoms in total. The number of rotatable bonds is 6. The van der Waals surface area contributed by atoms with E-state index in [0.717, 1.165) is 59.1 Å². The zero-order chi connectivity index (χ0) is 21.0. The first-order valence-electron chi connectivity index (χ1n) is 9.95. The molecule has 1 atom stereocenters. The number of piperidine rings is 1. The number of hydrogen-bond donors (Lipinski definition) is 2. The first kappa shape index (κ1) is 21.6. The van der Waals surface area contributed by atoms with Crippen molar-refractivity contribution in [3.63, 3.8) is 0 Å². The van der Waals surface area contributed by atoms with Crippen LogP contribution in [-0.4, -0.2) is 41.2 Å². The number of likely N-dealkylation sites (tertiary alicyclic amines) is 1. The van der Waals surface area contributed by atoms with E-state index < -0.39 is 5.60 Å². The lowest BCUT2D eigenvalue weighted by Gasteiger charge is -2.39. The molecule has 0 aromatic heterocycles. The molecule has 0 unspecified atom stereocenters. The minimum atomic E-state index is -0.879. The summed E-state index contributed by atoms with van der Waals surface area (Å²) in [7, 11) is 0. The molecule has 1 fully saturated rings. The molecule has 3 rings (SSSR count). The van der Waals surface area contributed by atoms with Gasteiger partial charge in [-0.3, -0.25) is 9.69 Å². The van der Waals surface area contributed by atoms with E-state index in [9.17, 15) is 9.90 Å². The van der Waals surface area contributed by atoms with Crippen molar-refractivity contribution in [2.24, 2.45) is 0 Å². The molecule has 1 heterocycles. The van der Waals surface area contributed by atoms with E-state index >= 15 is 0 Å². The molecule has 1 aliphatic rings. The Morgan fingerprint density at radius 1 is 1.24 bits per heavy atom. The largest absolute Gasteiger partial charge is 0.491 e. The fourth-order valence-electron chi connectivity index (χ4n) is 3.82. The Kier molecular flexibility index (Phi) is 6.83. The normalized spacial score (nSPS) is 19.8. The van der Waals surface area contributed by atoms with Crippen LogP contribution in [0.1, 0.15) is 36.5 Å². The second kappa shape index (κ2) is 9.16. The van der Waals surface area contributed by atoms with Crippen molar-refractivity contribution < 1.29 is 14.6 Å². The van der Waals surface area contributed by atoms with Crippen LogP contribution in [-0.2, 0) is 11.3 Å². The SMILES string of the molecule is CC(=O)Nc1ccc(CN2CCC[C@](O)(COc3cc(C)c(Cl)c(C)c3)C2)cc1. The Morgan fingerprint density at radius 3 is 2.52 bits per heavy atom. The topological polar surface area (TPSA) is 61.8 Å². The molecule has 0 saturated carbocycles. The van der Waals surface area contributed by atoms with E-state index in [-0.39, 0.29) is 12.5 Å². The molecule has 0 aliphatic carbocycles. The Balaban J connectivity index is 1.58. The summed E-state index contributed by atoms with van der Waals surface area (Å²) >= 11 is 6.22.